The van der Waals surface area contributed by atoms with E-state index in [0.717, 1.165) is 18.8 Å². The highest BCUT2D eigenvalue weighted by molar-refractivity contribution is 5.42. The molecule has 2 rings (SSSR count). The number of hydrogen-bond acceptors (Lipinski definition) is 6. The SMILES string of the molecule is CCCOc1cc(N2CCOCC2CN)ncn1. The van der Waals surface area contributed by atoms with Gasteiger partial charge in [-0.1, -0.05) is 6.92 Å². The van der Waals surface area contributed by atoms with Crippen LogP contribution in [-0.4, -0.2) is 48.9 Å². The molecule has 0 saturated carbocycles. The van der Waals surface area contributed by atoms with Gasteiger partial charge in [0.2, 0.25) is 5.88 Å². The highest BCUT2D eigenvalue weighted by Crippen LogP contribution is 2.19. The first-order valence-electron chi connectivity index (χ1n) is 6.34. The van der Waals surface area contributed by atoms with Gasteiger partial charge in [0, 0.05) is 19.2 Å². The predicted octanol–water partition coefficient (Wildman–Crippen LogP) is 0.429. The van der Waals surface area contributed by atoms with Crippen LogP contribution in [0.3, 0.4) is 0 Å². The number of ether oxygens (including phenoxy) is 2. The zero-order valence-electron chi connectivity index (χ0n) is 10.7. The fourth-order valence-corrected chi connectivity index (χ4v) is 1.92. The fourth-order valence-electron chi connectivity index (χ4n) is 1.92. The van der Waals surface area contributed by atoms with Crippen LogP contribution in [0.25, 0.3) is 0 Å². The molecule has 1 aromatic rings. The van der Waals surface area contributed by atoms with Gasteiger partial charge in [-0.2, -0.15) is 0 Å². The summed E-state index contributed by atoms with van der Waals surface area (Å²) in [5, 5.41) is 0. The summed E-state index contributed by atoms with van der Waals surface area (Å²) in [6.07, 6.45) is 2.49. The summed E-state index contributed by atoms with van der Waals surface area (Å²) in [4.78, 5) is 10.5. The molecule has 1 saturated heterocycles. The molecule has 1 aliphatic heterocycles. The van der Waals surface area contributed by atoms with Crippen LogP contribution in [0.5, 0.6) is 5.88 Å². The lowest BCUT2D eigenvalue weighted by Crippen LogP contribution is -2.49. The normalized spacial score (nSPS) is 19.9. The Morgan fingerprint density at radius 1 is 1.56 bits per heavy atom. The molecular formula is C12H20N4O2. The molecule has 0 radical (unpaired) electrons. The minimum atomic E-state index is 0.174. The quantitative estimate of drug-likeness (QED) is 0.819. The van der Waals surface area contributed by atoms with E-state index in [2.05, 4.69) is 21.8 Å². The van der Waals surface area contributed by atoms with Crippen molar-refractivity contribution in [2.45, 2.75) is 19.4 Å². The maximum Gasteiger partial charge on any atom is 0.218 e. The topological polar surface area (TPSA) is 73.5 Å². The van der Waals surface area contributed by atoms with Crippen LogP contribution < -0.4 is 15.4 Å². The Morgan fingerprint density at radius 2 is 2.44 bits per heavy atom. The lowest BCUT2D eigenvalue weighted by Gasteiger charge is -2.35. The molecule has 6 heteroatoms. The molecule has 0 aliphatic carbocycles. The van der Waals surface area contributed by atoms with Crippen LogP contribution >= 0.6 is 0 Å². The predicted molar refractivity (Wildman–Crippen MR) is 68.8 cm³/mol. The van der Waals surface area contributed by atoms with E-state index in [-0.39, 0.29) is 6.04 Å². The first kappa shape index (κ1) is 13.0. The Morgan fingerprint density at radius 3 is 3.22 bits per heavy atom. The van der Waals surface area contributed by atoms with Crippen LogP contribution in [0.4, 0.5) is 5.82 Å². The van der Waals surface area contributed by atoms with Crippen molar-refractivity contribution in [3.63, 3.8) is 0 Å². The van der Waals surface area contributed by atoms with E-state index >= 15 is 0 Å². The van der Waals surface area contributed by atoms with Gasteiger partial charge in [-0.25, -0.2) is 9.97 Å². The van der Waals surface area contributed by atoms with E-state index in [1.54, 1.807) is 0 Å². The Labute approximate surface area is 107 Å². The third-order valence-corrected chi connectivity index (χ3v) is 2.88. The molecule has 1 unspecified atom stereocenters. The minimum absolute atomic E-state index is 0.174. The van der Waals surface area contributed by atoms with Gasteiger partial charge >= 0.3 is 0 Å². The number of anilines is 1. The molecule has 0 spiro atoms. The molecule has 1 aliphatic rings. The van der Waals surface area contributed by atoms with Gasteiger partial charge in [0.05, 0.1) is 25.9 Å². The average Bonchev–Trinajstić information content (AvgIpc) is 2.45. The van der Waals surface area contributed by atoms with E-state index in [1.807, 2.05) is 6.07 Å². The molecule has 100 valence electrons. The van der Waals surface area contributed by atoms with E-state index < -0.39 is 0 Å². The smallest absolute Gasteiger partial charge is 0.218 e. The number of rotatable bonds is 5. The van der Waals surface area contributed by atoms with Crippen molar-refractivity contribution >= 4 is 5.82 Å². The van der Waals surface area contributed by atoms with E-state index in [9.17, 15) is 0 Å². The van der Waals surface area contributed by atoms with Crippen LogP contribution in [0.1, 0.15) is 13.3 Å². The number of nitrogens with zero attached hydrogens (tertiary/aromatic N) is 3. The second-order valence-electron chi connectivity index (χ2n) is 4.22. The van der Waals surface area contributed by atoms with Crippen LogP contribution in [-0.2, 0) is 4.74 Å². The molecule has 18 heavy (non-hydrogen) atoms. The first-order valence-corrected chi connectivity index (χ1v) is 6.34. The minimum Gasteiger partial charge on any atom is -0.478 e. The Kier molecular flexibility index (Phi) is 4.72. The van der Waals surface area contributed by atoms with Gasteiger partial charge < -0.3 is 20.1 Å². The Bertz CT molecular complexity index is 375. The van der Waals surface area contributed by atoms with E-state index in [4.69, 9.17) is 15.2 Å². The summed E-state index contributed by atoms with van der Waals surface area (Å²) >= 11 is 0. The summed E-state index contributed by atoms with van der Waals surface area (Å²) in [6, 6.07) is 2.04. The molecule has 0 bridgehead atoms. The Balaban J connectivity index is 2.10. The van der Waals surface area contributed by atoms with E-state index in [0.29, 0.717) is 32.2 Å². The van der Waals surface area contributed by atoms with Gasteiger partial charge in [-0.15, -0.1) is 0 Å². The summed E-state index contributed by atoms with van der Waals surface area (Å²) < 4.78 is 10.9. The number of morpholine rings is 1. The zero-order chi connectivity index (χ0) is 12.8. The van der Waals surface area contributed by atoms with Gasteiger partial charge in [-0.3, -0.25) is 0 Å². The van der Waals surface area contributed by atoms with Gasteiger partial charge in [0.25, 0.3) is 0 Å². The number of aromatic nitrogens is 2. The monoisotopic (exact) mass is 252 g/mol. The third kappa shape index (κ3) is 3.08. The van der Waals surface area contributed by atoms with Crippen molar-refractivity contribution in [2.24, 2.45) is 5.73 Å². The summed E-state index contributed by atoms with van der Waals surface area (Å²) in [5.41, 5.74) is 5.75. The van der Waals surface area contributed by atoms with Gasteiger partial charge in [0.15, 0.2) is 0 Å². The molecule has 0 aromatic carbocycles. The summed E-state index contributed by atoms with van der Waals surface area (Å²) in [6.45, 7) is 5.42. The highest BCUT2D eigenvalue weighted by atomic mass is 16.5. The third-order valence-electron chi connectivity index (χ3n) is 2.88. The molecule has 2 N–H and O–H groups in total. The van der Waals surface area contributed by atoms with Crippen LogP contribution in [0.15, 0.2) is 12.4 Å². The van der Waals surface area contributed by atoms with Crippen molar-refractivity contribution in [1.82, 2.24) is 9.97 Å². The first-order chi connectivity index (χ1) is 8.85. The van der Waals surface area contributed by atoms with Gasteiger partial charge in [0.1, 0.15) is 12.1 Å². The number of nitrogens with two attached hydrogens (primary N) is 1. The van der Waals surface area contributed by atoms with Crippen LogP contribution in [0.2, 0.25) is 0 Å². The molecular weight excluding hydrogens is 232 g/mol. The second kappa shape index (κ2) is 6.51. The Hall–Kier alpha value is -1.40. The number of hydrogen-bond donors (Lipinski definition) is 1. The summed E-state index contributed by atoms with van der Waals surface area (Å²) in [7, 11) is 0. The van der Waals surface area contributed by atoms with E-state index in [1.165, 1.54) is 6.33 Å². The molecule has 1 aromatic heterocycles. The maximum absolute atomic E-state index is 5.75. The molecule has 1 atom stereocenters. The molecule has 0 amide bonds. The molecule has 2 heterocycles. The average molecular weight is 252 g/mol. The molecule has 6 nitrogen and oxygen atoms in total. The van der Waals surface area contributed by atoms with Crippen molar-refractivity contribution < 1.29 is 9.47 Å². The highest BCUT2D eigenvalue weighted by Gasteiger charge is 2.23. The van der Waals surface area contributed by atoms with Crippen molar-refractivity contribution in [3.05, 3.63) is 12.4 Å². The second-order valence-corrected chi connectivity index (χ2v) is 4.22. The summed E-state index contributed by atoms with van der Waals surface area (Å²) in [5.74, 6) is 1.47. The zero-order valence-corrected chi connectivity index (χ0v) is 10.7. The lowest BCUT2D eigenvalue weighted by atomic mass is 10.2. The maximum atomic E-state index is 5.75. The standard InChI is InChI=1S/C12H20N4O2/c1-2-4-18-12-6-11(14-9-15-12)16-3-5-17-8-10(16)7-13/h6,9-10H,2-5,7-8,13H2,1H3. The van der Waals surface area contributed by atoms with Gasteiger partial charge in [-0.05, 0) is 6.42 Å². The van der Waals surface area contributed by atoms with Crippen molar-refractivity contribution in [2.75, 3.05) is 37.8 Å². The fraction of sp³-hybridized carbons (Fsp3) is 0.667. The lowest BCUT2D eigenvalue weighted by molar-refractivity contribution is 0.0958. The van der Waals surface area contributed by atoms with Crippen molar-refractivity contribution in [1.29, 1.82) is 0 Å². The molecule has 1 fully saturated rings. The largest absolute Gasteiger partial charge is 0.478 e. The van der Waals surface area contributed by atoms with Crippen molar-refractivity contribution in [3.8, 4) is 5.88 Å². The van der Waals surface area contributed by atoms with Crippen LogP contribution in [0, 0.1) is 0 Å².